The number of hydrogen-bond acceptors (Lipinski definition) is 4. The molecule has 0 fully saturated rings. The van der Waals surface area contributed by atoms with Crippen molar-refractivity contribution in [2.75, 3.05) is 6.61 Å². The predicted octanol–water partition coefficient (Wildman–Crippen LogP) is 12.6. The van der Waals surface area contributed by atoms with Gasteiger partial charge in [-0.05, 0) is 44.9 Å². The van der Waals surface area contributed by atoms with Gasteiger partial charge in [0.15, 0.2) is 0 Å². The van der Waals surface area contributed by atoms with Gasteiger partial charge in [0, 0.05) is 0 Å². The third kappa shape index (κ3) is 35.2. The van der Waals surface area contributed by atoms with Gasteiger partial charge in [0.25, 0.3) is 0 Å². The van der Waals surface area contributed by atoms with E-state index in [4.69, 9.17) is 0 Å². The second-order valence-electron chi connectivity index (χ2n) is 15.3. The molecule has 0 radical (unpaired) electrons. The van der Waals surface area contributed by atoms with Gasteiger partial charge in [-0.1, -0.05) is 212 Å². The van der Waals surface area contributed by atoms with Crippen molar-refractivity contribution >= 4 is 5.91 Å². The van der Waals surface area contributed by atoms with Crippen molar-refractivity contribution in [3.8, 4) is 0 Å². The fourth-order valence-electron chi connectivity index (χ4n) is 6.77. The van der Waals surface area contributed by atoms with E-state index < -0.39 is 24.2 Å². The molecule has 0 aliphatic carbocycles. The molecule has 0 saturated carbocycles. The molecule has 4 N–H and O–H groups in total. The lowest BCUT2D eigenvalue weighted by Gasteiger charge is -2.21. The molecule has 0 aromatic heterocycles. The summed E-state index contributed by atoms with van der Waals surface area (Å²) in [6.45, 7) is 4.19. The average Bonchev–Trinajstić information content (AvgIpc) is 3.12. The van der Waals surface area contributed by atoms with Gasteiger partial charge in [0.2, 0.25) is 5.91 Å². The molecule has 0 rings (SSSR count). The number of rotatable bonds is 40. The van der Waals surface area contributed by atoms with Crippen molar-refractivity contribution in [3.63, 3.8) is 0 Å². The highest BCUT2D eigenvalue weighted by molar-refractivity contribution is 5.80. The number of aliphatic hydroxyl groups excluding tert-OH is 3. The van der Waals surface area contributed by atoms with Crippen LogP contribution in [0, 0.1) is 0 Å². The summed E-state index contributed by atoms with van der Waals surface area (Å²) in [5.41, 5.74) is 0. The molecule has 50 heavy (non-hydrogen) atoms. The zero-order chi connectivity index (χ0) is 36.6. The molecule has 0 aromatic rings. The number of carbonyl (C=O) groups is 1. The van der Waals surface area contributed by atoms with Crippen molar-refractivity contribution in [1.82, 2.24) is 5.32 Å². The van der Waals surface area contributed by atoms with Crippen molar-refractivity contribution in [3.05, 3.63) is 24.3 Å². The Morgan fingerprint density at radius 1 is 0.480 bits per heavy atom. The van der Waals surface area contributed by atoms with E-state index in [2.05, 4.69) is 31.3 Å². The average molecular weight is 706 g/mol. The van der Waals surface area contributed by atoms with E-state index >= 15 is 0 Å². The van der Waals surface area contributed by atoms with Crippen LogP contribution >= 0.6 is 0 Å². The minimum Gasteiger partial charge on any atom is -0.394 e. The predicted molar refractivity (Wildman–Crippen MR) is 218 cm³/mol. The molecule has 0 bridgehead atoms. The maximum absolute atomic E-state index is 12.5. The van der Waals surface area contributed by atoms with Crippen LogP contribution in [0.25, 0.3) is 0 Å². The molecular weight excluding hydrogens is 618 g/mol. The summed E-state index contributed by atoms with van der Waals surface area (Å²) in [5.74, 6) is -0.506. The van der Waals surface area contributed by atoms with Gasteiger partial charge >= 0.3 is 0 Å². The number of nitrogens with one attached hydrogen (secondary N) is 1. The smallest absolute Gasteiger partial charge is 0.249 e. The summed E-state index contributed by atoms with van der Waals surface area (Å²) in [7, 11) is 0. The first-order valence-corrected chi connectivity index (χ1v) is 22.2. The first-order valence-electron chi connectivity index (χ1n) is 22.2. The van der Waals surface area contributed by atoms with E-state index in [1.165, 1.54) is 180 Å². The number of aliphatic hydroxyl groups is 3. The van der Waals surface area contributed by atoms with Crippen LogP contribution in [0.3, 0.4) is 0 Å². The van der Waals surface area contributed by atoms with Crippen molar-refractivity contribution in [2.45, 2.75) is 250 Å². The van der Waals surface area contributed by atoms with E-state index in [9.17, 15) is 20.1 Å². The van der Waals surface area contributed by atoms with Crippen LogP contribution in [0.5, 0.6) is 0 Å². The van der Waals surface area contributed by atoms with Crippen LogP contribution in [-0.4, -0.2) is 46.1 Å². The highest BCUT2D eigenvalue weighted by atomic mass is 16.3. The molecule has 5 nitrogen and oxygen atoms in total. The Hall–Kier alpha value is -1.17. The maximum Gasteiger partial charge on any atom is 0.249 e. The van der Waals surface area contributed by atoms with E-state index in [0.717, 1.165) is 32.1 Å². The molecular formula is C45H87NO4. The number of carbonyl (C=O) groups excluding carboxylic acids is 1. The Bertz CT molecular complexity index is 739. The van der Waals surface area contributed by atoms with Crippen LogP contribution in [0.2, 0.25) is 0 Å². The van der Waals surface area contributed by atoms with Crippen LogP contribution < -0.4 is 5.32 Å². The maximum atomic E-state index is 12.5. The Labute approximate surface area is 312 Å². The zero-order valence-electron chi connectivity index (χ0n) is 33.5. The number of hydrogen-bond donors (Lipinski definition) is 4. The van der Waals surface area contributed by atoms with Gasteiger partial charge in [-0.15, -0.1) is 0 Å². The highest BCUT2D eigenvalue weighted by Crippen LogP contribution is 2.15. The summed E-state index contributed by atoms with van der Waals surface area (Å²) in [5, 5.41) is 33.1. The van der Waals surface area contributed by atoms with Crippen LogP contribution in [0.15, 0.2) is 24.3 Å². The molecule has 3 atom stereocenters. The van der Waals surface area contributed by atoms with E-state index in [1.807, 2.05) is 6.08 Å². The second-order valence-corrected chi connectivity index (χ2v) is 15.3. The van der Waals surface area contributed by atoms with Crippen molar-refractivity contribution in [1.29, 1.82) is 0 Å². The highest BCUT2D eigenvalue weighted by Gasteiger charge is 2.22. The largest absolute Gasteiger partial charge is 0.394 e. The van der Waals surface area contributed by atoms with Crippen LogP contribution in [-0.2, 0) is 4.79 Å². The number of unbranched alkanes of at least 4 members (excludes halogenated alkanes) is 30. The molecule has 0 aliphatic heterocycles. The topological polar surface area (TPSA) is 89.8 Å². The van der Waals surface area contributed by atoms with E-state index in [-0.39, 0.29) is 6.61 Å². The molecule has 0 spiro atoms. The van der Waals surface area contributed by atoms with Gasteiger partial charge in [-0.25, -0.2) is 0 Å². The summed E-state index contributed by atoms with van der Waals surface area (Å²) in [6.07, 6.45) is 49.2. The third-order valence-corrected chi connectivity index (χ3v) is 10.3. The number of amides is 1. The van der Waals surface area contributed by atoms with E-state index in [1.54, 1.807) is 6.08 Å². The third-order valence-electron chi connectivity index (χ3n) is 10.3. The van der Waals surface area contributed by atoms with Crippen molar-refractivity contribution in [2.24, 2.45) is 0 Å². The molecule has 0 aliphatic rings. The minimum atomic E-state index is -1.10. The lowest BCUT2D eigenvalue weighted by Crippen LogP contribution is -2.48. The molecule has 3 unspecified atom stereocenters. The Kier molecular flexibility index (Phi) is 39.6. The Balaban J connectivity index is 3.68. The monoisotopic (exact) mass is 706 g/mol. The molecule has 296 valence electrons. The molecule has 0 saturated heterocycles. The van der Waals surface area contributed by atoms with Crippen LogP contribution in [0.1, 0.15) is 232 Å². The summed E-state index contributed by atoms with van der Waals surface area (Å²) >= 11 is 0. The molecule has 0 heterocycles. The second kappa shape index (κ2) is 40.6. The zero-order valence-corrected chi connectivity index (χ0v) is 33.5. The fraction of sp³-hybridized carbons (Fsp3) is 0.889. The minimum absolute atomic E-state index is 0.364. The molecule has 0 aromatic carbocycles. The Morgan fingerprint density at radius 3 is 1.16 bits per heavy atom. The normalized spacial score (nSPS) is 13.8. The summed E-state index contributed by atoms with van der Waals surface area (Å²) < 4.78 is 0. The standard InChI is InChI=1S/C45H87NO4/c1-3-5-7-9-11-13-15-17-19-21-22-24-26-28-30-32-34-36-38-40-44(49)45(50)46-42(41-47)43(48)39-37-35-33-31-29-27-25-23-20-18-16-14-12-10-8-6-4-2/h22,24,37,39,42-44,47-49H,3-21,23,25-36,38,40-41H2,1-2H3,(H,46,50)/b24-22-,39-37+. The fourth-order valence-corrected chi connectivity index (χ4v) is 6.77. The first kappa shape index (κ1) is 48.8. The van der Waals surface area contributed by atoms with Gasteiger partial charge in [0.1, 0.15) is 6.10 Å². The van der Waals surface area contributed by atoms with Gasteiger partial charge < -0.3 is 20.6 Å². The number of allylic oxidation sites excluding steroid dienone is 3. The van der Waals surface area contributed by atoms with E-state index in [0.29, 0.717) is 6.42 Å². The lowest BCUT2D eigenvalue weighted by molar-refractivity contribution is -0.131. The SMILES string of the molecule is CCCCCCCCCCC/C=C\CCCCCCCCC(O)C(=O)NC(CO)C(O)/C=C/CCCCCCCCCCCCCCCCC. The van der Waals surface area contributed by atoms with Gasteiger partial charge in [0.05, 0.1) is 18.8 Å². The lowest BCUT2D eigenvalue weighted by atomic mass is 10.0. The molecule has 1 amide bonds. The first-order chi connectivity index (χ1) is 24.6. The van der Waals surface area contributed by atoms with Gasteiger partial charge in [-0.3, -0.25) is 4.79 Å². The summed E-state index contributed by atoms with van der Waals surface area (Å²) in [6, 6.07) is -0.798. The summed E-state index contributed by atoms with van der Waals surface area (Å²) in [4.78, 5) is 12.5. The quantitative estimate of drug-likeness (QED) is 0.0377. The van der Waals surface area contributed by atoms with Gasteiger partial charge in [-0.2, -0.15) is 0 Å². The molecule has 5 heteroatoms. The van der Waals surface area contributed by atoms with Crippen LogP contribution in [0.4, 0.5) is 0 Å². The Morgan fingerprint density at radius 2 is 0.800 bits per heavy atom. The van der Waals surface area contributed by atoms with Crippen molar-refractivity contribution < 1.29 is 20.1 Å².